The molecule has 0 aliphatic carbocycles. The van der Waals surface area contributed by atoms with Crippen LogP contribution in [0.3, 0.4) is 0 Å². The zero-order chi connectivity index (χ0) is 26.6. The minimum absolute atomic E-state index is 0.195. The van der Waals surface area contributed by atoms with Gasteiger partial charge < -0.3 is 20.1 Å². The number of carbonyl (C=O) groups excluding carboxylic acids is 1. The first kappa shape index (κ1) is 25.2. The highest BCUT2D eigenvalue weighted by molar-refractivity contribution is 5.90. The standard InChI is InChI=1S/C28H30N8O3/c29-28-31-16-22(17-32-28)26-33-24-14-21(15-30-25(24)27(34-26)36-6-10-39-11-7-36)20-3-1-2-19(12-20)13-23(37)18-35-4-8-38-9-5-35/h1-3,12,14-17H,4-11,13,18H2,(H2,29,31,32). The zero-order valence-corrected chi connectivity index (χ0v) is 21.6. The number of fused-ring (bicyclic) bond motifs is 1. The molecular weight excluding hydrogens is 496 g/mol. The van der Waals surface area contributed by atoms with Crippen molar-refractivity contribution in [3.8, 4) is 22.5 Å². The number of anilines is 2. The molecule has 200 valence electrons. The molecule has 4 aromatic rings. The summed E-state index contributed by atoms with van der Waals surface area (Å²) in [6, 6.07) is 10.1. The van der Waals surface area contributed by atoms with E-state index in [1.165, 1.54) is 0 Å². The Kier molecular flexibility index (Phi) is 7.35. The molecule has 11 nitrogen and oxygen atoms in total. The second-order valence-electron chi connectivity index (χ2n) is 9.70. The maximum Gasteiger partial charge on any atom is 0.219 e. The smallest absolute Gasteiger partial charge is 0.219 e. The average Bonchev–Trinajstić information content (AvgIpc) is 2.98. The molecule has 0 saturated carbocycles. The molecule has 39 heavy (non-hydrogen) atoms. The lowest BCUT2D eigenvalue weighted by Gasteiger charge is -2.28. The van der Waals surface area contributed by atoms with Gasteiger partial charge in [0, 0.05) is 56.8 Å². The van der Waals surface area contributed by atoms with Crippen molar-refractivity contribution in [2.24, 2.45) is 0 Å². The number of hydrogen-bond acceptors (Lipinski definition) is 11. The summed E-state index contributed by atoms with van der Waals surface area (Å²) in [5.41, 5.74) is 10.7. The van der Waals surface area contributed by atoms with E-state index >= 15 is 0 Å². The van der Waals surface area contributed by atoms with Gasteiger partial charge in [-0.05, 0) is 17.2 Å². The number of benzene rings is 1. The van der Waals surface area contributed by atoms with Gasteiger partial charge in [-0.25, -0.2) is 19.9 Å². The van der Waals surface area contributed by atoms with Crippen LogP contribution < -0.4 is 10.6 Å². The fourth-order valence-electron chi connectivity index (χ4n) is 4.89. The van der Waals surface area contributed by atoms with Crippen LogP contribution in [0.5, 0.6) is 0 Å². The highest BCUT2D eigenvalue weighted by atomic mass is 16.5. The van der Waals surface area contributed by atoms with Crippen LogP contribution in [-0.4, -0.2) is 94.8 Å². The van der Waals surface area contributed by atoms with Crippen molar-refractivity contribution in [3.63, 3.8) is 0 Å². The molecule has 6 rings (SSSR count). The minimum atomic E-state index is 0.195. The fraction of sp³-hybridized carbons (Fsp3) is 0.357. The van der Waals surface area contributed by atoms with Crippen LogP contribution in [0.15, 0.2) is 48.9 Å². The highest BCUT2D eigenvalue weighted by Gasteiger charge is 2.20. The van der Waals surface area contributed by atoms with Crippen molar-refractivity contribution in [1.82, 2.24) is 29.8 Å². The molecule has 2 aliphatic rings. The molecular formula is C28H30N8O3. The third-order valence-electron chi connectivity index (χ3n) is 6.92. The van der Waals surface area contributed by atoms with Gasteiger partial charge in [0.2, 0.25) is 5.95 Å². The fourth-order valence-corrected chi connectivity index (χ4v) is 4.89. The molecule has 0 radical (unpaired) electrons. The molecule has 2 fully saturated rings. The number of pyridine rings is 1. The van der Waals surface area contributed by atoms with Gasteiger partial charge in [0.25, 0.3) is 0 Å². The van der Waals surface area contributed by atoms with E-state index in [9.17, 15) is 4.79 Å². The minimum Gasteiger partial charge on any atom is -0.379 e. The number of nitrogen functional groups attached to an aromatic ring is 1. The van der Waals surface area contributed by atoms with Crippen LogP contribution in [0.25, 0.3) is 33.5 Å². The summed E-state index contributed by atoms with van der Waals surface area (Å²) in [6.45, 7) is 6.09. The molecule has 2 N–H and O–H groups in total. The molecule has 0 amide bonds. The van der Waals surface area contributed by atoms with Crippen LogP contribution in [0.4, 0.5) is 11.8 Å². The SMILES string of the molecule is Nc1ncc(-c2nc(N3CCOCC3)c3ncc(-c4cccc(CC(=O)CN5CCOCC5)c4)cc3n2)cn1. The van der Waals surface area contributed by atoms with Gasteiger partial charge in [0.1, 0.15) is 5.52 Å². The molecule has 0 atom stereocenters. The molecule has 2 saturated heterocycles. The van der Waals surface area contributed by atoms with Crippen molar-refractivity contribution < 1.29 is 14.3 Å². The molecule has 0 spiro atoms. The summed E-state index contributed by atoms with van der Waals surface area (Å²) in [4.78, 5) is 39.8. The Labute approximate surface area is 226 Å². The summed E-state index contributed by atoms with van der Waals surface area (Å²) < 4.78 is 10.9. The highest BCUT2D eigenvalue weighted by Crippen LogP contribution is 2.30. The van der Waals surface area contributed by atoms with E-state index in [0.29, 0.717) is 69.4 Å². The molecule has 3 aromatic heterocycles. The van der Waals surface area contributed by atoms with Gasteiger partial charge in [-0.3, -0.25) is 14.7 Å². The summed E-state index contributed by atoms with van der Waals surface area (Å²) in [5.74, 6) is 1.65. The first-order valence-corrected chi connectivity index (χ1v) is 13.1. The van der Waals surface area contributed by atoms with Gasteiger partial charge in [-0.15, -0.1) is 0 Å². The van der Waals surface area contributed by atoms with Gasteiger partial charge in [0.15, 0.2) is 17.4 Å². The molecule has 0 unspecified atom stereocenters. The number of morpholine rings is 2. The third-order valence-corrected chi connectivity index (χ3v) is 6.92. The molecule has 5 heterocycles. The van der Waals surface area contributed by atoms with Gasteiger partial charge in [-0.2, -0.15) is 0 Å². The van der Waals surface area contributed by atoms with Crippen molar-refractivity contribution >= 4 is 28.6 Å². The molecule has 0 bridgehead atoms. The molecule has 11 heteroatoms. The van der Waals surface area contributed by atoms with Crippen molar-refractivity contribution in [2.75, 3.05) is 69.8 Å². The van der Waals surface area contributed by atoms with Crippen LogP contribution in [0.1, 0.15) is 5.56 Å². The van der Waals surface area contributed by atoms with Gasteiger partial charge in [0.05, 0.1) is 44.1 Å². The summed E-state index contributed by atoms with van der Waals surface area (Å²) >= 11 is 0. The Morgan fingerprint density at radius 3 is 2.33 bits per heavy atom. The monoisotopic (exact) mass is 526 g/mol. The van der Waals surface area contributed by atoms with E-state index in [1.807, 2.05) is 30.5 Å². The van der Waals surface area contributed by atoms with Crippen molar-refractivity contribution in [3.05, 3.63) is 54.5 Å². The number of hydrogen-bond donors (Lipinski definition) is 1. The van der Waals surface area contributed by atoms with Gasteiger partial charge >= 0.3 is 0 Å². The van der Waals surface area contributed by atoms with E-state index in [1.54, 1.807) is 12.4 Å². The maximum atomic E-state index is 12.7. The number of ketones is 1. The Morgan fingerprint density at radius 1 is 0.846 bits per heavy atom. The third kappa shape index (κ3) is 5.85. The van der Waals surface area contributed by atoms with Crippen molar-refractivity contribution in [2.45, 2.75) is 6.42 Å². The quantitative estimate of drug-likeness (QED) is 0.379. The Balaban J connectivity index is 1.32. The lowest BCUT2D eigenvalue weighted by atomic mass is 10.0. The second-order valence-corrected chi connectivity index (χ2v) is 9.70. The topological polar surface area (TPSA) is 132 Å². The maximum absolute atomic E-state index is 12.7. The summed E-state index contributed by atoms with van der Waals surface area (Å²) in [6.07, 6.45) is 5.48. The predicted octanol–water partition coefficient (Wildman–Crippen LogP) is 2.01. The van der Waals surface area contributed by atoms with E-state index in [4.69, 9.17) is 30.2 Å². The lowest BCUT2D eigenvalue weighted by molar-refractivity contribution is -0.120. The van der Waals surface area contributed by atoms with Crippen LogP contribution in [-0.2, 0) is 20.7 Å². The van der Waals surface area contributed by atoms with E-state index < -0.39 is 0 Å². The Morgan fingerprint density at radius 2 is 1.56 bits per heavy atom. The second kappa shape index (κ2) is 11.4. The first-order chi connectivity index (χ1) is 19.1. The predicted molar refractivity (Wildman–Crippen MR) is 147 cm³/mol. The molecule has 2 aliphatic heterocycles. The number of Topliss-reactive ketones (excluding diaryl/α,β-unsaturated/α-hetero) is 1. The number of rotatable bonds is 7. The lowest BCUT2D eigenvalue weighted by Crippen LogP contribution is -2.39. The Hall–Kier alpha value is -4.06. The summed E-state index contributed by atoms with van der Waals surface area (Å²) in [7, 11) is 0. The average molecular weight is 527 g/mol. The van der Waals surface area contributed by atoms with Gasteiger partial charge in [-0.1, -0.05) is 24.3 Å². The number of nitrogens with two attached hydrogens (primary N) is 1. The normalized spacial score (nSPS) is 16.5. The van der Waals surface area contributed by atoms with E-state index in [-0.39, 0.29) is 11.7 Å². The van der Waals surface area contributed by atoms with E-state index in [0.717, 1.165) is 41.1 Å². The van der Waals surface area contributed by atoms with Crippen LogP contribution in [0.2, 0.25) is 0 Å². The Bertz CT molecular complexity index is 1470. The number of carbonyl (C=O) groups is 1. The summed E-state index contributed by atoms with van der Waals surface area (Å²) in [5, 5.41) is 0. The van der Waals surface area contributed by atoms with Crippen LogP contribution in [0, 0.1) is 0 Å². The first-order valence-electron chi connectivity index (χ1n) is 13.1. The number of aromatic nitrogens is 5. The largest absolute Gasteiger partial charge is 0.379 e. The number of ether oxygens (including phenoxy) is 2. The zero-order valence-electron chi connectivity index (χ0n) is 21.6. The molecule has 1 aromatic carbocycles. The van der Waals surface area contributed by atoms with Crippen LogP contribution >= 0.6 is 0 Å². The van der Waals surface area contributed by atoms with Crippen molar-refractivity contribution in [1.29, 1.82) is 0 Å². The van der Waals surface area contributed by atoms with E-state index in [2.05, 4.69) is 25.8 Å². The number of nitrogens with zero attached hydrogens (tertiary/aromatic N) is 7.